The first-order valence-electron chi connectivity index (χ1n) is 7.64. The van der Waals surface area contributed by atoms with E-state index in [1.807, 2.05) is 0 Å². The second-order valence-corrected chi connectivity index (χ2v) is 6.94. The van der Waals surface area contributed by atoms with Crippen LogP contribution in [0.15, 0.2) is 35.7 Å². The van der Waals surface area contributed by atoms with Crippen molar-refractivity contribution in [1.29, 1.82) is 0 Å². The summed E-state index contributed by atoms with van der Waals surface area (Å²) in [7, 11) is 0. The molecule has 7 nitrogen and oxygen atoms in total. The Labute approximate surface area is 152 Å². The number of anilines is 1. The summed E-state index contributed by atoms with van der Waals surface area (Å²) in [5.74, 6) is -4.14. The average molecular weight is 378 g/mol. The molecule has 0 aliphatic carbocycles. The number of thioether (sulfide) groups is 1. The van der Waals surface area contributed by atoms with Gasteiger partial charge in [-0.2, -0.15) is 0 Å². The number of alkyl halides is 2. The highest BCUT2D eigenvalue weighted by Gasteiger charge is 2.55. The lowest BCUT2D eigenvalue weighted by molar-refractivity contribution is -0.0488. The van der Waals surface area contributed by atoms with Crippen LogP contribution in [0.25, 0.3) is 0 Å². The van der Waals surface area contributed by atoms with Crippen LogP contribution in [0.3, 0.4) is 0 Å². The maximum Gasteiger partial charge on any atom is 0.287 e. The molecule has 0 radical (unpaired) electrons. The monoisotopic (exact) mass is 378 g/mol. The number of pyridine rings is 1. The average Bonchev–Trinajstić information content (AvgIpc) is 2.59. The summed E-state index contributed by atoms with van der Waals surface area (Å²) in [6.45, 7) is 3.03. The third kappa shape index (κ3) is 3.36. The number of nitrogens with two attached hydrogens (primary N) is 1. The summed E-state index contributed by atoms with van der Waals surface area (Å²) < 4.78 is 29.0. The van der Waals surface area contributed by atoms with Gasteiger partial charge in [-0.1, -0.05) is 11.8 Å². The van der Waals surface area contributed by atoms with Gasteiger partial charge in [0.1, 0.15) is 5.69 Å². The highest BCUT2D eigenvalue weighted by Crippen LogP contribution is 2.45. The third-order valence-electron chi connectivity index (χ3n) is 3.98. The summed E-state index contributed by atoms with van der Waals surface area (Å²) in [5.41, 5.74) is 4.83. The fourth-order valence-corrected chi connectivity index (χ4v) is 3.22. The molecule has 2 aromatic heterocycles. The maximum absolute atomic E-state index is 14.5. The van der Waals surface area contributed by atoms with E-state index >= 15 is 0 Å². The van der Waals surface area contributed by atoms with Crippen LogP contribution in [0.1, 0.15) is 28.8 Å². The van der Waals surface area contributed by atoms with Crippen LogP contribution in [-0.2, 0) is 5.54 Å². The Morgan fingerprint density at radius 1 is 1.31 bits per heavy atom. The van der Waals surface area contributed by atoms with Crippen LogP contribution in [0, 0.1) is 6.92 Å². The van der Waals surface area contributed by atoms with Gasteiger partial charge in [-0.05, 0) is 26.0 Å². The van der Waals surface area contributed by atoms with Gasteiger partial charge in [0.25, 0.3) is 11.8 Å². The molecule has 3 heterocycles. The number of hydrogen-bond donors (Lipinski definition) is 2. The molecule has 2 aromatic rings. The zero-order valence-corrected chi connectivity index (χ0v) is 14.8. The van der Waals surface area contributed by atoms with Gasteiger partial charge in [0.15, 0.2) is 10.7 Å². The van der Waals surface area contributed by atoms with Crippen molar-refractivity contribution < 1.29 is 13.6 Å². The molecule has 0 unspecified atom stereocenters. The second-order valence-electron chi connectivity index (χ2n) is 5.94. The molecule has 1 aliphatic rings. The van der Waals surface area contributed by atoms with Gasteiger partial charge in [0, 0.05) is 18.1 Å². The summed E-state index contributed by atoms with van der Waals surface area (Å²) in [6, 6.07) is 2.86. The van der Waals surface area contributed by atoms with Gasteiger partial charge in [0.05, 0.1) is 23.3 Å². The molecule has 3 rings (SSSR count). The van der Waals surface area contributed by atoms with Crippen molar-refractivity contribution >= 4 is 28.5 Å². The number of nitrogens with zero attached hydrogens (tertiary/aromatic N) is 4. The number of carbonyl (C=O) groups excluding carboxylic acids is 1. The summed E-state index contributed by atoms with van der Waals surface area (Å²) in [6.07, 6.45) is 4.14. The number of hydrogen-bond acceptors (Lipinski definition) is 7. The first kappa shape index (κ1) is 18.2. The Balaban J connectivity index is 1.90. The minimum atomic E-state index is -3.14. The Morgan fingerprint density at radius 3 is 2.77 bits per heavy atom. The van der Waals surface area contributed by atoms with Crippen molar-refractivity contribution in [2.24, 2.45) is 10.7 Å². The largest absolute Gasteiger partial charge is 0.379 e. The third-order valence-corrected chi connectivity index (χ3v) is 4.87. The Hall–Kier alpha value is -2.62. The van der Waals surface area contributed by atoms with Gasteiger partial charge in [-0.15, -0.1) is 0 Å². The second kappa shape index (κ2) is 6.60. The number of amidine groups is 1. The number of nitrogens with one attached hydrogen (secondary N) is 1. The number of aryl methyl sites for hydroxylation is 1. The van der Waals surface area contributed by atoms with E-state index < -0.39 is 23.1 Å². The van der Waals surface area contributed by atoms with Gasteiger partial charge in [0.2, 0.25) is 0 Å². The minimum absolute atomic E-state index is 0.0125. The molecule has 3 N–H and O–H groups in total. The molecular formula is C16H16F2N6OS. The molecule has 1 aliphatic heterocycles. The number of rotatable bonds is 3. The molecule has 0 saturated carbocycles. The molecular weight excluding hydrogens is 362 g/mol. The van der Waals surface area contributed by atoms with Crippen LogP contribution >= 0.6 is 11.8 Å². The Kier molecular flexibility index (Phi) is 4.61. The van der Waals surface area contributed by atoms with E-state index in [1.54, 1.807) is 6.92 Å². The predicted octanol–water partition coefficient (Wildman–Crippen LogP) is 2.34. The zero-order valence-electron chi connectivity index (χ0n) is 14.0. The molecule has 0 spiro atoms. The van der Waals surface area contributed by atoms with Gasteiger partial charge >= 0.3 is 0 Å². The maximum atomic E-state index is 14.5. The first-order valence-corrected chi connectivity index (χ1v) is 8.62. The molecule has 0 aromatic carbocycles. The van der Waals surface area contributed by atoms with Crippen molar-refractivity contribution in [3.05, 3.63) is 47.8 Å². The van der Waals surface area contributed by atoms with E-state index in [0.29, 0.717) is 11.4 Å². The van der Waals surface area contributed by atoms with Crippen LogP contribution in [0.4, 0.5) is 14.5 Å². The van der Waals surface area contributed by atoms with Gasteiger partial charge < -0.3 is 11.1 Å². The molecule has 0 fully saturated rings. The van der Waals surface area contributed by atoms with Crippen LogP contribution in [0.2, 0.25) is 0 Å². The highest BCUT2D eigenvalue weighted by molar-refractivity contribution is 8.13. The Bertz CT molecular complexity index is 873. The van der Waals surface area contributed by atoms with Crippen LogP contribution in [-0.4, -0.2) is 37.7 Å². The molecule has 0 bridgehead atoms. The van der Waals surface area contributed by atoms with Crippen molar-refractivity contribution in [3.8, 4) is 0 Å². The highest BCUT2D eigenvalue weighted by atomic mass is 32.2. The SMILES string of the molecule is Cc1cnc(C(=O)Nc2ccnc([C@@]3(C)N=C(N)SCC3(F)F)c2)cn1. The fraction of sp³-hybridized carbons (Fsp3) is 0.312. The first-order chi connectivity index (χ1) is 12.2. The topological polar surface area (TPSA) is 106 Å². The summed E-state index contributed by atoms with van der Waals surface area (Å²) in [4.78, 5) is 28.2. The number of carbonyl (C=O) groups is 1. The number of amides is 1. The molecule has 136 valence electrons. The van der Waals surface area contributed by atoms with E-state index in [1.165, 1.54) is 37.6 Å². The lowest BCUT2D eigenvalue weighted by Gasteiger charge is -2.36. The summed E-state index contributed by atoms with van der Waals surface area (Å²) in [5, 5.41) is 2.68. The van der Waals surface area contributed by atoms with Crippen LogP contribution in [0.5, 0.6) is 0 Å². The molecule has 10 heteroatoms. The molecule has 26 heavy (non-hydrogen) atoms. The summed E-state index contributed by atoms with van der Waals surface area (Å²) >= 11 is 0.800. The van der Waals surface area contributed by atoms with E-state index in [4.69, 9.17) is 5.73 Å². The van der Waals surface area contributed by atoms with Crippen molar-refractivity contribution in [2.45, 2.75) is 25.3 Å². The van der Waals surface area contributed by atoms with E-state index in [0.717, 1.165) is 11.8 Å². The Morgan fingerprint density at radius 2 is 2.08 bits per heavy atom. The van der Waals surface area contributed by atoms with Gasteiger partial charge in [-0.25, -0.2) is 18.8 Å². The number of aliphatic imine (C=N–C) groups is 1. The number of aromatic nitrogens is 3. The van der Waals surface area contributed by atoms with Gasteiger partial charge in [-0.3, -0.25) is 14.8 Å². The van der Waals surface area contributed by atoms with E-state index in [9.17, 15) is 13.6 Å². The lowest BCUT2D eigenvalue weighted by Crippen LogP contribution is -2.48. The molecule has 0 saturated heterocycles. The standard InChI is InChI=1S/C16H16F2N6OS/c1-9-6-22-11(7-21-9)13(25)23-10-3-4-20-12(5-10)15(2)16(17,18)8-26-14(19)24-15/h3-7H,8H2,1-2H3,(H2,19,24)(H,20,23,25)/t15-/m1/s1. The van der Waals surface area contributed by atoms with Crippen LogP contribution < -0.4 is 11.1 Å². The quantitative estimate of drug-likeness (QED) is 0.849. The normalized spacial score (nSPS) is 21.8. The molecule has 1 amide bonds. The van der Waals surface area contributed by atoms with Crippen molar-refractivity contribution in [2.75, 3.05) is 11.1 Å². The van der Waals surface area contributed by atoms with Crippen molar-refractivity contribution in [3.63, 3.8) is 0 Å². The van der Waals surface area contributed by atoms with E-state index in [2.05, 4.69) is 25.3 Å². The predicted molar refractivity (Wildman–Crippen MR) is 95.3 cm³/mol. The zero-order chi connectivity index (χ0) is 18.9. The minimum Gasteiger partial charge on any atom is -0.379 e. The fourth-order valence-electron chi connectivity index (χ4n) is 2.36. The van der Waals surface area contributed by atoms with E-state index in [-0.39, 0.29) is 16.6 Å². The lowest BCUT2D eigenvalue weighted by atomic mass is 9.90. The number of halogens is 2. The smallest absolute Gasteiger partial charge is 0.287 e. The molecule has 1 atom stereocenters. The van der Waals surface area contributed by atoms with Crippen molar-refractivity contribution in [1.82, 2.24) is 15.0 Å².